The van der Waals surface area contributed by atoms with Gasteiger partial charge in [0.15, 0.2) is 23.6 Å². The molecule has 0 saturated carbocycles. The number of carbonyl (C=O) groups excluding carboxylic acids is 1. The van der Waals surface area contributed by atoms with E-state index < -0.39 is 48.4 Å². The lowest BCUT2D eigenvalue weighted by Gasteiger charge is -2.32. The zero-order valence-corrected chi connectivity index (χ0v) is 17.9. The molecule has 0 amide bonds. The molecule has 0 radical (unpaired) electrons. The highest BCUT2D eigenvalue weighted by atomic mass is 16.9. The molecule has 0 aromatic carbocycles. The van der Waals surface area contributed by atoms with E-state index >= 15 is 0 Å². The summed E-state index contributed by atoms with van der Waals surface area (Å²) < 4.78 is 40.8. The van der Waals surface area contributed by atoms with Gasteiger partial charge < -0.3 is 38.0 Å². The van der Waals surface area contributed by atoms with E-state index in [1.807, 2.05) is 27.7 Å². The summed E-state index contributed by atoms with van der Waals surface area (Å²) in [5, 5.41) is 3.87. The Labute approximate surface area is 175 Å². The van der Waals surface area contributed by atoms with Gasteiger partial charge in [-0.05, 0) is 40.2 Å². The van der Waals surface area contributed by atoms with Crippen LogP contribution in [0.3, 0.4) is 0 Å². The third-order valence-corrected chi connectivity index (χ3v) is 5.20. The van der Waals surface area contributed by atoms with E-state index in [4.69, 9.17) is 38.0 Å². The molecule has 3 saturated heterocycles. The Hall–Kier alpha value is -1.56. The summed E-state index contributed by atoms with van der Waals surface area (Å²) in [5.74, 6) is -2.07. The Balaban J connectivity index is 1.49. The van der Waals surface area contributed by atoms with Gasteiger partial charge in [-0.2, -0.15) is 0 Å². The maximum Gasteiger partial charge on any atom is 0.356 e. The lowest BCUT2D eigenvalue weighted by atomic mass is 10.0. The lowest BCUT2D eigenvalue weighted by Crippen LogP contribution is -2.46. The van der Waals surface area contributed by atoms with Crippen LogP contribution in [0.4, 0.5) is 0 Å². The van der Waals surface area contributed by atoms with Gasteiger partial charge in [0.05, 0.1) is 13.2 Å². The molecule has 4 rings (SSSR count). The number of ether oxygens (including phenoxy) is 7. The number of rotatable bonds is 5. The average Bonchev–Trinajstić information content (AvgIpc) is 3.26. The highest BCUT2D eigenvalue weighted by Crippen LogP contribution is 2.42. The Morgan fingerprint density at radius 2 is 1.93 bits per heavy atom. The predicted molar refractivity (Wildman–Crippen MR) is 101 cm³/mol. The summed E-state index contributed by atoms with van der Waals surface area (Å²) in [6.07, 6.45) is -3.26. The molecule has 0 aromatic rings. The van der Waals surface area contributed by atoms with Crippen molar-refractivity contribution in [2.24, 2.45) is 5.16 Å². The molecule has 10 nitrogen and oxygen atoms in total. The number of hydrogen-bond acceptors (Lipinski definition) is 10. The summed E-state index contributed by atoms with van der Waals surface area (Å²) in [4.78, 5) is 17.3. The second-order valence-electron chi connectivity index (χ2n) is 8.57. The summed E-state index contributed by atoms with van der Waals surface area (Å²) >= 11 is 0. The minimum Gasteiger partial charge on any atom is -0.461 e. The molecule has 6 atom stereocenters. The quantitative estimate of drug-likeness (QED) is 0.478. The standard InChI is InChI=1S/C20H29NO9/c1-7-23-16(22)11-8-10(2)17(30-21-11)26-14-13(12-9-24-19(3,4)27-12)25-18-15(14)28-20(5,6)29-18/h12-15,17-18H,2,7-9H2,1,3-6H3/t12-,13-,14+,15-,17+,18-/m1/s1. The summed E-state index contributed by atoms with van der Waals surface area (Å²) in [6.45, 7) is 13.6. The summed E-state index contributed by atoms with van der Waals surface area (Å²) in [6, 6.07) is 0. The Bertz CT molecular complexity index is 734. The van der Waals surface area contributed by atoms with Crippen LogP contribution in [0, 0.1) is 0 Å². The van der Waals surface area contributed by atoms with Crippen molar-refractivity contribution >= 4 is 11.7 Å². The highest BCUT2D eigenvalue weighted by molar-refractivity contribution is 6.37. The molecule has 0 N–H and O–H groups in total. The van der Waals surface area contributed by atoms with Crippen LogP contribution in [-0.2, 0) is 42.8 Å². The van der Waals surface area contributed by atoms with Gasteiger partial charge in [0, 0.05) is 6.42 Å². The van der Waals surface area contributed by atoms with Crippen molar-refractivity contribution in [1.29, 1.82) is 0 Å². The van der Waals surface area contributed by atoms with Crippen LogP contribution in [0.2, 0.25) is 0 Å². The maximum atomic E-state index is 11.9. The van der Waals surface area contributed by atoms with Gasteiger partial charge in [0.2, 0.25) is 6.29 Å². The van der Waals surface area contributed by atoms with Crippen molar-refractivity contribution in [2.75, 3.05) is 13.2 Å². The molecule has 0 aromatic heterocycles. The minimum absolute atomic E-state index is 0.148. The molecule has 0 spiro atoms. The Kier molecular flexibility index (Phi) is 5.67. The van der Waals surface area contributed by atoms with E-state index in [9.17, 15) is 4.79 Å². The number of oxime groups is 1. The van der Waals surface area contributed by atoms with E-state index in [0.29, 0.717) is 12.2 Å². The zero-order valence-electron chi connectivity index (χ0n) is 17.9. The lowest BCUT2D eigenvalue weighted by molar-refractivity contribution is -0.251. The van der Waals surface area contributed by atoms with Crippen molar-refractivity contribution in [3.63, 3.8) is 0 Å². The Morgan fingerprint density at radius 1 is 1.17 bits per heavy atom. The number of esters is 1. The first kappa shape index (κ1) is 21.7. The second kappa shape index (κ2) is 7.85. The molecule has 4 heterocycles. The highest BCUT2D eigenvalue weighted by Gasteiger charge is 2.59. The third-order valence-electron chi connectivity index (χ3n) is 5.20. The van der Waals surface area contributed by atoms with E-state index in [-0.39, 0.29) is 24.8 Å². The van der Waals surface area contributed by atoms with Crippen molar-refractivity contribution in [3.05, 3.63) is 12.2 Å². The van der Waals surface area contributed by atoms with Gasteiger partial charge in [-0.15, -0.1) is 0 Å². The number of fused-ring (bicyclic) bond motifs is 1. The molecule has 4 aliphatic heterocycles. The fraction of sp³-hybridized carbons (Fsp3) is 0.800. The van der Waals surface area contributed by atoms with E-state index in [2.05, 4.69) is 11.7 Å². The Morgan fingerprint density at radius 3 is 2.57 bits per heavy atom. The van der Waals surface area contributed by atoms with E-state index in [0.717, 1.165) is 0 Å². The monoisotopic (exact) mass is 427 g/mol. The van der Waals surface area contributed by atoms with Crippen LogP contribution in [0.25, 0.3) is 0 Å². The summed E-state index contributed by atoms with van der Waals surface area (Å²) in [7, 11) is 0. The average molecular weight is 427 g/mol. The maximum absolute atomic E-state index is 11.9. The molecule has 0 aliphatic carbocycles. The van der Waals surface area contributed by atoms with Crippen molar-refractivity contribution in [2.45, 2.75) is 89.6 Å². The largest absolute Gasteiger partial charge is 0.461 e. The third kappa shape index (κ3) is 4.25. The van der Waals surface area contributed by atoms with Crippen molar-refractivity contribution < 1.29 is 42.8 Å². The topological polar surface area (TPSA) is 103 Å². The first-order valence-electron chi connectivity index (χ1n) is 10.1. The van der Waals surface area contributed by atoms with Crippen molar-refractivity contribution in [3.8, 4) is 0 Å². The van der Waals surface area contributed by atoms with Crippen LogP contribution in [-0.4, -0.2) is 73.5 Å². The van der Waals surface area contributed by atoms with Gasteiger partial charge in [-0.3, -0.25) is 0 Å². The number of hydrogen-bond donors (Lipinski definition) is 0. The van der Waals surface area contributed by atoms with Crippen molar-refractivity contribution in [1.82, 2.24) is 0 Å². The zero-order chi connectivity index (χ0) is 21.7. The molecule has 0 bridgehead atoms. The second-order valence-corrected chi connectivity index (χ2v) is 8.57. The number of nitrogens with zero attached hydrogens (tertiary/aromatic N) is 1. The minimum atomic E-state index is -0.874. The van der Waals surface area contributed by atoms with Crippen LogP contribution in [0.1, 0.15) is 41.0 Å². The predicted octanol–water partition coefficient (Wildman–Crippen LogP) is 1.62. The number of carbonyl (C=O) groups is 1. The van der Waals surface area contributed by atoms with Gasteiger partial charge in [0.1, 0.15) is 24.4 Å². The van der Waals surface area contributed by atoms with Gasteiger partial charge in [-0.25, -0.2) is 4.79 Å². The molecule has 168 valence electrons. The van der Waals surface area contributed by atoms with Crippen LogP contribution < -0.4 is 0 Å². The van der Waals surface area contributed by atoms with E-state index in [1.54, 1.807) is 6.92 Å². The molecular weight excluding hydrogens is 398 g/mol. The fourth-order valence-corrected chi connectivity index (χ4v) is 3.94. The molecule has 0 unspecified atom stereocenters. The molecule has 30 heavy (non-hydrogen) atoms. The van der Waals surface area contributed by atoms with Crippen LogP contribution in [0.5, 0.6) is 0 Å². The molecular formula is C20H29NO9. The molecule has 10 heteroatoms. The SMILES string of the molecule is C=C1CC(C(=O)OCC)=NO[C@@H]1O[C@@H]1[C@H]2OC(C)(C)O[C@H]2O[C@@H]1[C@H]1COC(C)(C)O1. The van der Waals surface area contributed by atoms with Gasteiger partial charge in [0.25, 0.3) is 0 Å². The first-order valence-corrected chi connectivity index (χ1v) is 10.1. The van der Waals surface area contributed by atoms with Crippen LogP contribution in [0.15, 0.2) is 17.3 Å². The van der Waals surface area contributed by atoms with Crippen LogP contribution >= 0.6 is 0 Å². The van der Waals surface area contributed by atoms with Gasteiger partial charge >= 0.3 is 5.97 Å². The molecule has 4 aliphatic rings. The summed E-state index contributed by atoms with van der Waals surface area (Å²) in [5.41, 5.74) is 0.687. The smallest absolute Gasteiger partial charge is 0.356 e. The van der Waals surface area contributed by atoms with Gasteiger partial charge in [-0.1, -0.05) is 11.7 Å². The normalized spacial score (nSPS) is 39.4. The molecule has 3 fully saturated rings. The fourth-order valence-electron chi connectivity index (χ4n) is 3.94. The first-order chi connectivity index (χ1) is 14.1. The van der Waals surface area contributed by atoms with E-state index in [1.165, 1.54) is 0 Å².